The number of unbranched alkanes of at least 4 members (excludes halogenated alkanes) is 1. The van der Waals surface area contributed by atoms with Crippen LogP contribution in [0.15, 0.2) is 29.3 Å². The predicted molar refractivity (Wildman–Crippen MR) is 103 cm³/mol. The molecular weight excluding hydrogens is 375 g/mol. The Morgan fingerprint density at radius 2 is 1.68 bits per heavy atom. The Morgan fingerprint density at radius 3 is 2.29 bits per heavy atom. The van der Waals surface area contributed by atoms with Gasteiger partial charge in [-0.15, -0.1) is 0 Å². The number of hydrogen-bond donors (Lipinski definition) is 2. The van der Waals surface area contributed by atoms with Crippen molar-refractivity contribution in [2.75, 3.05) is 46.6 Å². The van der Waals surface area contributed by atoms with Gasteiger partial charge in [0, 0.05) is 26.7 Å². The van der Waals surface area contributed by atoms with Crippen LogP contribution in [0, 0.1) is 0 Å². The van der Waals surface area contributed by atoms with Crippen molar-refractivity contribution in [1.29, 1.82) is 0 Å². The molecule has 2 N–H and O–H groups in total. The van der Waals surface area contributed by atoms with E-state index in [1.807, 2.05) is 0 Å². The standard InChI is InChI=1S/C19H30F3N3O3/c1-3-4-10-26-12-13-27-11-9-24-18(23-2)25-14-16-5-7-17(8-6-16)28-15-19(20,21)22/h5-8H,3-4,9-15H2,1-2H3,(H2,23,24,25). The van der Waals surface area contributed by atoms with E-state index in [0.29, 0.717) is 38.9 Å². The topological polar surface area (TPSA) is 64.1 Å². The molecule has 0 amide bonds. The van der Waals surface area contributed by atoms with Crippen LogP contribution in [0.25, 0.3) is 0 Å². The number of halogens is 3. The molecule has 0 heterocycles. The Bertz CT molecular complexity index is 552. The van der Waals surface area contributed by atoms with E-state index in [9.17, 15) is 13.2 Å². The molecule has 160 valence electrons. The van der Waals surface area contributed by atoms with Gasteiger partial charge < -0.3 is 24.8 Å². The zero-order valence-electron chi connectivity index (χ0n) is 16.5. The summed E-state index contributed by atoms with van der Waals surface area (Å²) in [5.74, 6) is 0.791. The second-order valence-corrected chi connectivity index (χ2v) is 5.98. The molecule has 9 heteroatoms. The molecule has 0 saturated heterocycles. The number of alkyl halides is 3. The maximum atomic E-state index is 12.1. The molecule has 0 fully saturated rings. The summed E-state index contributed by atoms with van der Waals surface area (Å²) in [5.41, 5.74) is 0.891. The summed E-state index contributed by atoms with van der Waals surface area (Å²) in [5, 5.41) is 6.25. The highest BCUT2D eigenvalue weighted by atomic mass is 19.4. The Morgan fingerprint density at radius 1 is 1.00 bits per heavy atom. The lowest BCUT2D eigenvalue weighted by molar-refractivity contribution is -0.153. The summed E-state index contributed by atoms with van der Waals surface area (Å²) in [4.78, 5) is 4.11. The SMILES string of the molecule is CCCCOCCOCCNC(=NC)NCc1ccc(OCC(F)(F)F)cc1. The molecule has 0 aliphatic rings. The highest BCUT2D eigenvalue weighted by Gasteiger charge is 2.28. The number of benzene rings is 1. The van der Waals surface area contributed by atoms with E-state index in [4.69, 9.17) is 9.47 Å². The lowest BCUT2D eigenvalue weighted by atomic mass is 10.2. The first-order chi connectivity index (χ1) is 13.4. The Balaban J connectivity index is 2.17. The summed E-state index contributed by atoms with van der Waals surface area (Å²) in [6, 6.07) is 6.42. The van der Waals surface area contributed by atoms with E-state index < -0.39 is 12.8 Å². The molecule has 0 aliphatic carbocycles. The minimum Gasteiger partial charge on any atom is -0.484 e. The van der Waals surface area contributed by atoms with E-state index >= 15 is 0 Å². The third-order valence-electron chi connectivity index (χ3n) is 3.56. The normalized spacial score (nSPS) is 12.1. The first-order valence-electron chi connectivity index (χ1n) is 9.33. The van der Waals surface area contributed by atoms with Gasteiger partial charge in [0.1, 0.15) is 5.75 Å². The molecule has 1 rings (SSSR count). The van der Waals surface area contributed by atoms with Crippen molar-refractivity contribution in [2.45, 2.75) is 32.5 Å². The minimum atomic E-state index is -4.34. The molecule has 0 saturated carbocycles. The van der Waals surface area contributed by atoms with Gasteiger partial charge in [0.25, 0.3) is 0 Å². The summed E-state index contributed by atoms with van der Waals surface area (Å²) in [6.07, 6.45) is -2.16. The predicted octanol–water partition coefficient (Wildman–Crippen LogP) is 3.13. The Kier molecular flexibility index (Phi) is 12.1. The van der Waals surface area contributed by atoms with Crippen LogP contribution in [0.5, 0.6) is 5.75 Å². The largest absolute Gasteiger partial charge is 0.484 e. The molecule has 0 unspecified atom stereocenters. The fraction of sp³-hybridized carbons (Fsp3) is 0.632. The van der Waals surface area contributed by atoms with Gasteiger partial charge in [-0.2, -0.15) is 13.2 Å². The average Bonchev–Trinajstić information content (AvgIpc) is 2.67. The highest BCUT2D eigenvalue weighted by Crippen LogP contribution is 2.18. The lowest BCUT2D eigenvalue weighted by Gasteiger charge is -2.13. The monoisotopic (exact) mass is 405 g/mol. The fourth-order valence-electron chi connectivity index (χ4n) is 2.09. The third-order valence-corrected chi connectivity index (χ3v) is 3.56. The third kappa shape index (κ3) is 12.4. The molecular formula is C19H30F3N3O3. The van der Waals surface area contributed by atoms with Crippen molar-refractivity contribution in [2.24, 2.45) is 4.99 Å². The molecule has 0 aromatic heterocycles. The van der Waals surface area contributed by atoms with E-state index in [-0.39, 0.29) is 5.75 Å². The van der Waals surface area contributed by atoms with Gasteiger partial charge in [-0.25, -0.2) is 0 Å². The van der Waals surface area contributed by atoms with Gasteiger partial charge in [0.05, 0.1) is 19.8 Å². The number of hydrogen-bond acceptors (Lipinski definition) is 4. The summed E-state index contributed by atoms with van der Waals surface area (Å²) in [6.45, 7) is 4.34. The maximum Gasteiger partial charge on any atom is 0.422 e. The maximum absolute atomic E-state index is 12.1. The van der Waals surface area contributed by atoms with Gasteiger partial charge in [-0.3, -0.25) is 4.99 Å². The number of nitrogens with zero attached hydrogens (tertiary/aromatic N) is 1. The molecule has 0 aliphatic heterocycles. The van der Waals surface area contributed by atoms with Crippen LogP contribution in [0.2, 0.25) is 0 Å². The van der Waals surface area contributed by atoms with Gasteiger partial charge >= 0.3 is 6.18 Å². The number of aliphatic imine (C=N–C) groups is 1. The molecule has 0 spiro atoms. The van der Waals surface area contributed by atoms with Gasteiger partial charge in [-0.1, -0.05) is 25.5 Å². The van der Waals surface area contributed by atoms with Crippen LogP contribution in [0.4, 0.5) is 13.2 Å². The van der Waals surface area contributed by atoms with Crippen molar-refractivity contribution < 1.29 is 27.4 Å². The summed E-state index contributed by atoms with van der Waals surface area (Å²) >= 11 is 0. The molecule has 6 nitrogen and oxygen atoms in total. The second kappa shape index (κ2) is 14.1. The molecule has 0 atom stereocenters. The number of ether oxygens (including phenoxy) is 3. The summed E-state index contributed by atoms with van der Waals surface area (Å²) in [7, 11) is 1.66. The molecule has 1 aromatic rings. The smallest absolute Gasteiger partial charge is 0.422 e. The Hall–Kier alpha value is -2.00. The molecule has 0 radical (unpaired) electrons. The fourth-order valence-corrected chi connectivity index (χ4v) is 2.09. The van der Waals surface area contributed by atoms with Crippen LogP contribution < -0.4 is 15.4 Å². The van der Waals surface area contributed by atoms with Crippen molar-refractivity contribution in [3.05, 3.63) is 29.8 Å². The number of rotatable bonds is 13. The van der Waals surface area contributed by atoms with Gasteiger partial charge in [-0.05, 0) is 24.1 Å². The number of nitrogens with one attached hydrogen (secondary N) is 2. The van der Waals surface area contributed by atoms with Crippen LogP contribution >= 0.6 is 0 Å². The zero-order chi connectivity index (χ0) is 20.7. The van der Waals surface area contributed by atoms with Crippen molar-refractivity contribution in [1.82, 2.24) is 10.6 Å². The molecule has 1 aromatic carbocycles. The van der Waals surface area contributed by atoms with Crippen LogP contribution in [-0.4, -0.2) is 58.8 Å². The average molecular weight is 405 g/mol. The summed E-state index contributed by atoms with van der Waals surface area (Å²) < 4.78 is 51.9. The lowest BCUT2D eigenvalue weighted by Crippen LogP contribution is -2.38. The number of guanidine groups is 1. The molecule has 0 bridgehead atoms. The van der Waals surface area contributed by atoms with Crippen molar-refractivity contribution in [3.63, 3.8) is 0 Å². The van der Waals surface area contributed by atoms with Gasteiger partial charge in [0.2, 0.25) is 0 Å². The Labute approximate surface area is 164 Å². The van der Waals surface area contributed by atoms with E-state index in [1.165, 1.54) is 12.1 Å². The van der Waals surface area contributed by atoms with Gasteiger partial charge in [0.15, 0.2) is 12.6 Å². The van der Waals surface area contributed by atoms with Crippen molar-refractivity contribution in [3.8, 4) is 5.75 Å². The van der Waals surface area contributed by atoms with Crippen molar-refractivity contribution >= 4 is 5.96 Å². The van der Waals surface area contributed by atoms with E-state index in [1.54, 1.807) is 19.2 Å². The van der Waals surface area contributed by atoms with E-state index in [2.05, 4.69) is 27.3 Å². The minimum absolute atomic E-state index is 0.180. The molecule has 28 heavy (non-hydrogen) atoms. The first kappa shape index (κ1) is 24.0. The van der Waals surface area contributed by atoms with Crippen LogP contribution in [0.3, 0.4) is 0 Å². The first-order valence-corrected chi connectivity index (χ1v) is 9.33. The quantitative estimate of drug-likeness (QED) is 0.300. The van der Waals surface area contributed by atoms with E-state index in [0.717, 1.165) is 25.0 Å². The zero-order valence-corrected chi connectivity index (χ0v) is 16.5. The second-order valence-electron chi connectivity index (χ2n) is 5.98. The van der Waals surface area contributed by atoms with Crippen LogP contribution in [0.1, 0.15) is 25.3 Å². The highest BCUT2D eigenvalue weighted by molar-refractivity contribution is 5.79. The van der Waals surface area contributed by atoms with Crippen LogP contribution in [-0.2, 0) is 16.0 Å².